The minimum atomic E-state index is -1.12. The molecule has 1 unspecified atom stereocenters. The number of halogens is 1. The number of hydrogen-bond donors (Lipinski definition) is 3. The Labute approximate surface area is 156 Å². The van der Waals surface area contributed by atoms with Gasteiger partial charge in [-0.05, 0) is 39.0 Å². The van der Waals surface area contributed by atoms with E-state index in [-0.39, 0.29) is 24.3 Å². The molecule has 1 atom stereocenters. The summed E-state index contributed by atoms with van der Waals surface area (Å²) < 4.78 is 5.52. The number of carbonyl (C=O) groups is 2. The Morgan fingerprint density at radius 3 is 2.54 bits per heavy atom. The lowest BCUT2D eigenvalue weighted by Crippen LogP contribution is -2.42. The maximum Gasteiger partial charge on any atom is 0.326 e. The predicted octanol–water partition coefficient (Wildman–Crippen LogP) is 3.12. The van der Waals surface area contributed by atoms with Gasteiger partial charge in [-0.2, -0.15) is 5.10 Å². The van der Waals surface area contributed by atoms with Crippen LogP contribution < -0.4 is 5.32 Å². The van der Waals surface area contributed by atoms with E-state index in [0.717, 1.165) is 5.56 Å². The first-order valence-corrected chi connectivity index (χ1v) is 8.52. The van der Waals surface area contributed by atoms with Gasteiger partial charge in [0, 0.05) is 23.6 Å². The van der Waals surface area contributed by atoms with Gasteiger partial charge in [0.1, 0.15) is 11.7 Å². The standard InChI is InChI=1S/C18H22ClN3O4/c1-18(2,3)26-9-8-13(17(24)25)20-16(23)15-10-14(21-22-15)11-4-6-12(19)7-5-11/h4-7,10,13H,8-9H2,1-3H3,(H,20,23)(H,21,22)(H,24,25). The Hall–Kier alpha value is -2.38. The van der Waals surface area contributed by atoms with E-state index in [4.69, 9.17) is 16.3 Å². The van der Waals surface area contributed by atoms with E-state index in [1.54, 1.807) is 30.3 Å². The molecule has 2 rings (SSSR count). The molecule has 3 N–H and O–H groups in total. The average Bonchev–Trinajstić information content (AvgIpc) is 3.03. The summed E-state index contributed by atoms with van der Waals surface area (Å²) in [6, 6.07) is 7.52. The quantitative estimate of drug-likeness (QED) is 0.685. The highest BCUT2D eigenvalue weighted by molar-refractivity contribution is 6.30. The van der Waals surface area contributed by atoms with Gasteiger partial charge in [0.15, 0.2) is 0 Å². The number of amides is 1. The van der Waals surface area contributed by atoms with E-state index in [0.29, 0.717) is 10.7 Å². The summed E-state index contributed by atoms with van der Waals surface area (Å²) in [6.07, 6.45) is 0.163. The van der Waals surface area contributed by atoms with Crippen molar-refractivity contribution >= 4 is 23.5 Å². The Balaban J connectivity index is 2.01. The predicted molar refractivity (Wildman–Crippen MR) is 98.2 cm³/mol. The number of nitrogens with zero attached hydrogens (tertiary/aromatic N) is 1. The third-order valence-corrected chi connectivity index (χ3v) is 3.76. The fourth-order valence-electron chi connectivity index (χ4n) is 2.18. The Kier molecular flexibility index (Phi) is 6.39. The van der Waals surface area contributed by atoms with E-state index < -0.39 is 17.9 Å². The SMILES string of the molecule is CC(C)(C)OCCC(NC(=O)c1cc(-c2ccc(Cl)cc2)n[nH]1)C(=O)O. The van der Waals surface area contributed by atoms with Crippen LogP contribution in [-0.2, 0) is 9.53 Å². The van der Waals surface area contributed by atoms with Gasteiger partial charge in [0.25, 0.3) is 5.91 Å². The van der Waals surface area contributed by atoms with Crippen LogP contribution in [0.25, 0.3) is 11.3 Å². The van der Waals surface area contributed by atoms with E-state index in [1.807, 2.05) is 20.8 Å². The Bertz CT molecular complexity index is 765. The third-order valence-electron chi connectivity index (χ3n) is 3.51. The number of carbonyl (C=O) groups excluding carboxylic acids is 1. The van der Waals surface area contributed by atoms with Crippen molar-refractivity contribution in [3.8, 4) is 11.3 Å². The third kappa shape index (κ3) is 5.86. The average molecular weight is 380 g/mol. The van der Waals surface area contributed by atoms with Crippen LogP contribution >= 0.6 is 11.6 Å². The Morgan fingerprint density at radius 1 is 1.31 bits per heavy atom. The number of benzene rings is 1. The minimum Gasteiger partial charge on any atom is -0.480 e. The van der Waals surface area contributed by atoms with Crippen molar-refractivity contribution in [3.05, 3.63) is 41.0 Å². The number of aliphatic carboxylic acids is 1. The molecule has 0 bridgehead atoms. The van der Waals surface area contributed by atoms with Crippen LogP contribution in [-0.4, -0.2) is 45.4 Å². The van der Waals surface area contributed by atoms with E-state index >= 15 is 0 Å². The second-order valence-electron chi connectivity index (χ2n) is 6.79. The molecular formula is C18H22ClN3O4. The number of nitrogens with one attached hydrogen (secondary N) is 2. The lowest BCUT2D eigenvalue weighted by molar-refractivity contribution is -0.140. The highest BCUT2D eigenvalue weighted by Gasteiger charge is 2.23. The number of H-pyrrole nitrogens is 1. The van der Waals surface area contributed by atoms with Crippen LogP contribution in [0.5, 0.6) is 0 Å². The maximum absolute atomic E-state index is 12.3. The fourth-order valence-corrected chi connectivity index (χ4v) is 2.31. The molecule has 1 heterocycles. The van der Waals surface area contributed by atoms with Gasteiger partial charge in [-0.1, -0.05) is 23.7 Å². The first-order chi connectivity index (χ1) is 12.2. The van der Waals surface area contributed by atoms with Crippen LogP contribution in [0.3, 0.4) is 0 Å². The molecule has 0 saturated carbocycles. The van der Waals surface area contributed by atoms with Gasteiger partial charge < -0.3 is 15.2 Å². The molecule has 26 heavy (non-hydrogen) atoms. The smallest absolute Gasteiger partial charge is 0.326 e. The van der Waals surface area contributed by atoms with Gasteiger partial charge in [-0.25, -0.2) is 4.79 Å². The van der Waals surface area contributed by atoms with Crippen LogP contribution in [0, 0.1) is 0 Å². The zero-order valence-electron chi connectivity index (χ0n) is 14.9. The molecule has 0 aliphatic heterocycles. The monoisotopic (exact) mass is 379 g/mol. The normalized spacial score (nSPS) is 12.6. The van der Waals surface area contributed by atoms with Gasteiger partial charge in [-0.15, -0.1) is 0 Å². The largest absolute Gasteiger partial charge is 0.480 e. The maximum atomic E-state index is 12.3. The summed E-state index contributed by atoms with van der Waals surface area (Å²) >= 11 is 5.85. The second kappa shape index (κ2) is 8.33. The lowest BCUT2D eigenvalue weighted by atomic mass is 10.1. The molecular weight excluding hydrogens is 358 g/mol. The van der Waals surface area contributed by atoms with Crippen molar-refractivity contribution in [1.29, 1.82) is 0 Å². The van der Waals surface area contributed by atoms with E-state index in [2.05, 4.69) is 15.5 Å². The number of hydrogen-bond acceptors (Lipinski definition) is 4. The van der Waals surface area contributed by atoms with Crippen LogP contribution in [0.4, 0.5) is 0 Å². The highest BCUT2D eigenvalue weighted by Crippen LogP contribution is 2.20. The first kappa shape index (κ1) is 19.9. The molecule has 0 aliphatic rings. The number of aromatic nitrogens is 2. The molecule has 0 fully saturated rings. The first-order valence-electron chi connectivity index (χ1n) is 8.15. The van der Waals surface area contributed by atoms with Crippen molar-refractivity contribution < 1.29 is 19.4 Å². The minimum absolute atomic E-state index is 0.163. The molecule has 0 saturated heterocycles. The van der Waals surface area contributed by atoms with E-state index in [9.17, 15) is 14.7 Å². The van der Waals surface area contributed by atoms with Crippen molar-refractivity contribution in [2.24, 2.45) is 0 Å². The van der Waals surface area contributed by atoms with Crippen LogP contribution in [0.1, 0.15) is 37.7 Å². The summed E-state index contributed by atoms with van der Waals surface area (Å²) in [4.78, 5) is 23.7. The molecule has 140 valence electrons. The van der Waals surface area contributed by atoms with Crippen molar-refractivity contribution in [3.63, 3.8) is 0 Å². The van der Waals surface area contributed by atoms with Crippen LogP contribution in [0.2, 0.25) is 5.02 Å². The van der Waals surface area contributed by atoms with Crippen molar-refractivity contribution in [2.75, 3.05) is 6.61 Å². The van der Waals surface area contributed by atoms with Gasteiger partial charge in [0.2, 0.25) is 0 Å². The van der Waals surface area contributed by atoms with Gasteiger partial charge in [0.05, 0.1) is 11.3 Å². The molecule has 1 amide bonds. The second-order valence-corrected chi connectivity index (χ2v) is 7.22. The number of rotatable bonds is 7. The van der Waals surface area contributed by atoms with Gasteiger partial charge in [-0.3, -0.25) is 9.89 Å². The molecule has 0 radical (unpaired) electrons. The lowest BCUT2D eigenvalue weighted by Gasteiger charge is -2.21. The topological polar surface area (TPSA) is 104 Å². The summed E-state index contributed by atoms with van der Waals surface area (Å²) in [5.41, 5.74) is 1.16. The summed E-state index contributed by atoms with van der Waals surface area (Å²) in [6.45, 7) is 5.86. The fraction of sp³-hybridized carbons (Fsp3) is 0.389. The molecule has 7 nitrogen and oxygen atoms in total. The molecule has 2 aromatic rings. The van der Waals surface area contributed by atoms with Gasteiger partial charge >= 0.3 is 5.97 Å². The molecule has 1 aromatic carbocycles. The molecule has 1 aromatic heterocycles. The van der Waals surface area contributed by atoms with Crippen LogP contribution in [0.15, 0.2) is 30.3 Å². The number of aromatic amines is 1. The number of ether oxygens (including phenoxy) is 1. The van der Waals surface area contributed by atoms with E-state index in [1.165, 1.54) is 0 Å². The Morgan fingerprint density at radius 2 is 1.96 bits per heavy atom. The summed E-state index contributed by atoms with van der Waals surface area (Å²) in [5.74, 6) is -1.66. The zero-order valence-corrected chi connectivity index (χ0v) is 15.6. The number of carboxylic acids is 1. The summed E-state index contributed by atoms with van der Waals surface area (Å²) in [5, 5.41) is 19.1. The molecule has 0 aliphatic carbocycles. The summed E-state index contributed by atoms with van der Waals surface area (Å²) in [7, 11) is 0. The van der Waals surface area contributed by atoms with Crippen molar-refractivity contribution in [1.82, 2.24) is 15.5 Å². The molecule has 8 heteroatoms. The zero-order chi connectivity index (χ0) is 19.3. The molecule has 0 spiro atoms. The highest BCUT2D eigenvalue weighted by atomic mass is 35.5. The van der Waals surface area contributed by atoms with Crippen molar-refractivity contribution in [2.45, 2.75) is 38.8 Å². The number of carboxylic acid groups (broad SMARTS) is 1.